The molecule has 0 heterocycles. The quantitative estimate of drug-likeness (QED) is 0.571. The molecule has 0 aliphatic heterocycles. The predicted octanol–water partition coefficient (Wildman–Crippen LogP) is 4.65. The highest BCUT2D eigenvalue weighted by Crippen LogP contribution is 2.37. The molecule has 1 aromatic rings. The summed E-state index contributed by atoms with van der Waals surface area (Å²) in [5.41, 5.74) is 3.68. The fraction of sp³-hybridized carbons (Fsp3) is 0.556. The largest absolute Gasteiger partial charge is 0.497 e. The van der Waals surface area contributed by atoms with E-state index in [2.05, 4.69) is 50.7 Å². The van der Waals surface area contributed by atoms with Gasteiger partial charge in [-0.3, -0.25) is 0 Å². The molecule has 0 spiro atoms. The van der Waals surface area contributed by atoms with Gasteiger partial charge < -0.3 is 13.9 Å². The van der Waals surface area contributed by atoms with Gasteiger partial charge in [0.1, 0.15) is 25.2 Å². The fourth-order valence-corrected chi connectivity index (χ4v) is 4.25. The van der Waals surface area contributed by atoms with Crippen molar-refractivity contribution in [2.45, 2.75) is 51.8 Å². The Morgan fingerprint density at radius 1 is 0.957 bits per heavy atom. The van der Waals surface area contributed by atoms with Gasteiger partial charge in [-0.15, -0.1) is 5.54 Å². The van der Waals surface area contributed by atoms with Crippen molar-refractivity contribution in [3.63, 3.8) is 0 Å². The van der Waals surface area contributed by atoms with Crippen molar-refractivity contribution in [2.24, 2.45) is 0 Å². The molecule has 5 heteroatoms. The second-order valence-electron chi connectivity index (χ2n) is 7.81. The second kappa shape index (κ2) is 7.12. The highest BCUT2D eigenvalue weighted by Gasteiger charge is 2.35. The molecule has 1 rings (SSSR count). The van der Waals surface area contributed by atoms with E-state index in [0.717, 1.165) is 17.1 Å². The molecule has 128 valence electrons. The Kier molecular flexibility index (Phi) is 6.14. The Labute approximate surface area is 143 Å². The normalized spacial score (nSPS) is 14.5. The van der Waals surface area contributed by atoms with Crippen molar-refractivity contribution in [3.05, 3.63) is 23.8 Å². The summed E-state index contributed by atoms with van der Waals surface area (Å²) in [6, 6.07) is 5.78. The van der Waals surface area contributed by atoms with E-state index in [0.29, 0.717) is 0 Å². The molecule has 0 amide bonds. The zero-order valence-corrected chi connectivity index (χ0v) is 18.0. The predicted molar refractivity (Wildman–Crippen MR) is 102 cm³/mol. The Bertz CT molecular complexity index is 603. The van der Waals surface area contributed by atoms with Crippen LogP contribution < -0.4 is 9.47 Å². The molecule has 0 saturated heterocycles. The van der Waals surface area contributed by atoms with Gasteiger partial charge in [-0.05, 0) is 44.8 Å². The minimum atomic E-state index is -1.82. The molecule has 1 aromatic carbocycles. The van der Waals surface area contributed by atoms with Crippen LogP contribution in [0.25, 0.3) is 0 Å². The molecule has 1 atom stereocenters. The summed E-state index contributed by atoms with van der Waals surface area (Å²) >= 11 is 0. The lowest BCUT2D eigenvalue weighted by atomic mass is 9.96. The highest BCUT2D eigenvalue weighted by atomic mass is 28.4. The van der Waals surface area contributed by atoms with Crippen LogP contribution in [0.15, 0.2) is 18.2 Å². The Morgan fingerprint density at radius 3 is 2.00 bits per heavy atom. The van der Waals surface area contributed by atoms with Crippen LogP contribution in [0.2, 0.25) is 39.3 Å². The third-order valence-electron chi connectivity index (χ3n) is 3.11. The topological polar surface area (TPSA) is 27.7 Å². The number of hydrogen-bond donors (Lipinski definition) is 0. The third kappa shape index (κ3) is 6.06. The molecule has 0 N–H and O–H groups in total. The maximum absolute atomic E-state index is 6.50. The van der Waals surface area contributed by atoms with Gasteiger partial charge >= 0.3 is 0 Å². The van der Waals surface area contributed by atoms with E-state index in [1.165, 1.54) is 0 Å². The van der Waals surface area contributed by atoms with Gasteiger partial charge in [0.2, 0.25) is 0 Å². The molecule has 1 unspecified atom stereocenters. The fourth-order valence-electron chi connectivity index (χ4n) is 2.25. The van der Waals surface area contributed by atoms with Gasteiger partial charge in [-0.2, -0.15) is 0 Å². The van der Waals surface area contributed by atoms with Crippen molar-refractivity contribution >= 4 is 16.4 Å². The number of rotatable bonds is 5. The van der Waals surface area contributed by atoms with Crippen LogP contribution in [0.3, 0.4) is 0 Å². The van der Waals surface area contributed by atoms with Crippen molar-refractivity contribution in [2.75, 3.05) is 14.2 Å². The van der Waals surface area contributed by atoms with Crippen molar-refractivity contribution in [1.29, 1.82) is 0 Å². The molecule has 0 aromatic heterocycles. The van der Waals surface area contributed by atoms with Crippen LogP contribution in [-0.4, -0.2) is 30.6 Å². The third-order valence-corrected chi connectivity index (χ3v) is 5.00. The van der Waals surface area contributed by atoms with Gasteiger partial charge in [-0.25, -0.2) is 0 Å². The summed E-state index contributed by atoms with van der Waals surface area (Å²) in [5, 5.41) is 0. The maximum Gasteiger partial charge on any atom is 0.186 e. The van der Waals surface area contributed by atoms with Crippen LogP contribution in [0, 0.1) is 11.5 Å². The lowest BCUT2D eigenvalue weighted by Gasteiger charge is -2.34. The summed E-state index contributed by atoms with van der Waals surface area (Å²) in [6.07, 6.45) is 0. The molecular formula is C18H30O3Si2. The van der Waals surface area contributed by atoms with Crippen molar-refractivity contribution in [3.8, 4) is 23.0 Å². The zero-order valence-electron chi connectivity index (χ0n) is 16.0. The molecule has 0 aliphatic carbocycles. The summed E-state index contributed by atoms with van der Waals surface area (Å²) in [6.45, 7) is 15.3. The summed E-state index contributed by atoms with van der Waals surface area (Å²) in [7, 11) is -0.00540. The molecule has 23 heavy (non-hydrogen) atoms. The SMILES string of the molecule is COc1ccc(OC)c(C(C)(C#C[Si](C)(C)C)O[Si](C)(C)C)c1. The van der Waals surface area contributed by atoms with Crippen LogP contribution in [0.1, 0.15) is 12.5 Å². The first-order valence-electron chi connectivity index (χ1n) is 7.87. The van der Waals surface area contributed by atoms with Crippen LogP contribution in [0.5, 0.6) is 11.5 Å². The average molecular weight is 351 g/mol. The zero-order chi connectivity index (χ0) is 17.9. The van der Waals surface area contributed by atoms with Gasteiger partial charge in [0.05, 0.1) is 14.2 Å². The molecular weight excluding hydrogens is 320 g/mol. The van der Waals surface area contributed by atoms with Crippen LogP contribution in [-0.2, 0) is 10.0 Å². The van der Waals surface area contributed by atoms with E-state index in [-0.39, 0.29) is 0 Å². The Morgan fingerprint density at radius 2 is 1.57 bits per heavy atom. The average Bonchev–Trinajstić information content (AvgIpc) is 2.42. The first-order valence-corrected chi connectivity index (χ1v) is 14.8. The van der Waals surface area contributed by atoms with Gasteiger partial charge in [-0.1, -0.05) is 25.6 Å². The number of hydrogen-bond acceptors (Lipinski definition) is 3. The number of ether oxygens (including phenoxy) is 2. The molecule has 3 nitrogen and oxygen atoms in total. The number of methoxy groups -OCH3 is 2. The minimum Gasteiger partial charge on any atom is -0.497 e. The smallest absolute Gasteiger partial charge is 0.186 e. The van der Waals surface area contributed by atoms with E-state index >= 15 is 0 Å². The minimum absolute atomic E-state index is 0.704. The standard InChI is InChI=1S/C18H30O3Si2/c1-18(21-23(7,8)9,12-13-22(4,5)6)16-14-15(19-2)10-11-17(16)20-3/h10-11,14H,1-9H3. The highest BCUT2D eigenvalue weighted by molar-refractivity contribution is 6.83. The van der Waals surface area contributed by atoms with Gasteiger partial charge in [0.25, 0.3) is 0 Å². The molecule has 0 bridgehead atoms. The first kappa shape index (κ1) is 19.8. The van der Waals surface area contributed by atoms with Crippen LogP contribution in [0.4, 0.5) is 0 Å². The summed E-state index contributed by atoms with van der Waals surface area (Å²) in [5.74, 6) is 4.98. The molecule has 0 aliphatic rings. The lowest BCUT2D eigenvalue weighted by molar-refractivity contribution is 0.139. The first-order chi connectivity index (χ1) is 10.4. The summed E-state index contributed by atoms with van der Waals surface area (Å²) < 4.78 is 17.4. The van der Waals surface area contributed by atoms with Crippen LogP contribution >= 0.6 is 0 Å². The Balaban J connectivity index is 3.53. The molecule has 0 radical (unpaired) electrons. The lowest BCUT2D eigenvalue weighted by Crippen LogP contribution is -2.38. The van der Waals surface area contributed by atoms with Crippen molar-refractivity contribution < 1.29 is 13.9 Å². The van der Waals surface area contributed by atoms with E-state index in [1.807, 2.05) is 25.1 Å². The summed E-state index contributed by atoms with van der Waals surface area (Å²) in [4.78, 5) is 0. The van der Waals surface area contributed by atoms with Gasteiger partial charge in [0.15, 0.2) is 8.32 Å². The van der Waals surface area contributed by atoms with E-state index in [9.17, 15) is 0 Å². The second-order valence-corrected chi connectivity index (χ2v) is 17.0. The number of benzene rings is 1. The van der Waals surface area contributed by atoms with Crippen molar-refractivity contribution in [1.82, 2.24) is 0 Å². The Hall–Kier alpha value is -1.23. The monoisotopic (exact) mass is 350 g/mol. The maximum atomic E-state index is 6.50. The van der Waals surface area contributed by atoms with E-state index in [4.69, 9.17) is 13.9 Å². The van der Waals surface area contributed by atoms with Gasteiger partial charge in [0, 0.05) is 5.56 Å². The van der Waals surface area contributed by atoms with E-state index < -0.39 is 22.0 Å². The van der Waals surface area contributed by atoms with E-state index in [1.54, 1.807) is 14.2 Å². The molecule has 0 fully saturated rings. The molecule has 0 saturated carbocycles.